The van der Waals surface area contributed by atoms with Crippen LogP contribution < -0.4 is 5.19 Å². The minimum absolute atomic E-state index is 0.621. The first-order valence-corrected chi connectivity index (χ1v) is 7.60. The Balaban J connectivity index is 2.46. The lowest BCUT2D eigenvalue weighted by Gasteiger charge is -2.05. The fourth-order valence-electron chi connectivity index (χ4n) is 1.91. The van der Waals surface area contributed by atoms with Gasteiger partial charge >= 0.3 is 0 Å². The second-order valence-electron chi connectivity index (χ2n) is 3.68. The van der Waals surface area contributed by atoms with Crippen LogP contribution in [0.3, 0.4) is 0 Å². The Morgan fingerprint density at radius 2 is 1.75 bits per heavy atom. The summed E-state index contributed by atoms with van der Waals surface area (Å²) >= 11 is 0. The molecule has 0 amide bonds. The van der Waals surface area contributed by atoms with Crippen molar-refractivity contribution in [2.24, 2.45) is 0 Å². The van der Waals surface area contributed by atoms with Gasteiger partial charge in [-0.25, -0.2) is 4.98 Å². The molecular weight excluding hydrogens is 226 g/mol. The molecule has 1 heterocycles. The summed E-state index contributed by atoms with van der Waals surface area (Å²) < 4.78 is 0. The first-order chi connectivity index (χ1) is 7.88. The van der Waals surface area contributed by atoms with E-state index < -0.39 is 0 Å². The molecule has 0 fully saturated rings. The smallest absolute Gasteiger partial charge is 0.0709 e. The first-order valence-electron chi connectivity index (χ1n) is 5.10. The molecule has 0 aliphatic heterocycles. The van der Waals surface area contributed by atoms with Crippen molar-refractivity contribution in [3.8, 4) is 0 Å². The molecule has 3 heteroatoms. The highest BCUT2D eigenvalue weighted by Crippen LogP contribution is 2.17. The van der Waals surface area contributed by atoms with Gasteiger partial charge < -0.3 is 0 Å². The zero-order valence-electron chi connectivity index (χ0n) is 8.57. The van der Waals surface area contributed by atoms with Crippen molar-refractivity contribution in [1.29, 1.82) is 0 Å². The zero-order valence-corrected chi connectivity index (χ0v) is 10.6. The largest absolute Gasteiger partial charge is 0.248 e. The van der Waals surface area contributed by atoms with Crippen molar-refractivity contribution in [3.63, 3.8) is 0 Å². The second-order valence-corrected chi connectivity index (χ2v) is 5.22. The Morgan fingerprint density at radius 3 is 2.62 bits per heavy atom. The zero-order chi connectivity index (χ0) is 11.0. The Bertz CT molecular complexity index is 664. The molecule has 73 valence electrons. The SMILES string of the molecule is [Si][Si]c1cccc2nc3ccccc3cc12. The van der Waals surface area contributed by atoms with Gasteiger partial charge in [0.2, 0.25) is 0 Å². The van der Waals surface area contributed by atoms with E-state index in [0.29, 0.717) is 9.04 Å². The van der Waals surface area contributed by atoms with Crippen LogP contribution in [0.25, 0.3) is 21.8 Å². The maximum atomic E-state index is 4.67. The van der Waals surface area contributed by atoms with Crippen LogP contribution in [0, 0.1) is 0 Å². The summed E-state index contributed by atoms with van der Waals surface area (Å²) in [5, 5.41) is 3.76. The molecule has 3 rings (SSSR count). The fourth-order valence-corrected chi connectivity index (χ4v) is 3.08. The third kappa shape index (κ3) is 1.49. The Morgan fingerprint density at radius 1 is 0.938 bits per heavy atom. The minimum atomic E-state index is 0.621. The number of fused-ring (bicyclic) bond motifs is 2. The molecule has 0 aliphatic rings. The van der Waals surface area contributed by atoms with Gasteiger partial charge in [0.15, 0.2) is 0 Å². The van der Waals surface area contributed by atoms with E-state index in [2.05, 4.69) is 57.2 Å². The van der Waals surface area contributed by atoms with Gasteiger partial charge in [-0.05, 0) is 23.6 Å². The third-order valence-corrected chi connectivity index (χ3v) is 4.21. The molecule has 1 aromatic heterocycles. The topological polar surface area (TPSA) is 12.9 Å². The summed E-state index contributed by atoms with van der Waals surface area (Å²) in [5.41, 5.74) is 2.13. The van der Waals surface area contributed by atoms with Crippen LogP contribution in [0.1, 0.15) is 0 Å². The van der Waals surface area contributed by atoms with Crippen molar-refractivity contribution in [2.75, 3.05) is 0 Å². The van der Waals surface area contributed by atoms with Crippen LogP contribution in [-0.2, 0) is 0 Å². The van der Waals surface area contributed by atoms with E-state index in [1.54, 1.807) is 0 Å². The standard InChI is InChI=1S/C13H8NSi2/c15-16-13-7-3-6-12-10(13)8-9-4-1-2-5-11(9)14-12/h1-8H. The lowest BCUT2D eigenvalue weighted by molar-refractivity contribution is 1.50. The van der Waals surface area contributed by atoms with E-state index in [-0.39, 0.29) is 0 Å². The van der Waals surface area contributed by atoms with Gasteiger partial charge in [0, 0.05) is 15.1 Å². The van der Waals surface area contributed by atoms with Crippen molar-refractivity contribution in [3.05, 3.63) is 48.5 Å². The predicted octanol–water partition coefficient (Wildman–Crippen LogP) is 1.80. The molecule has 16 heavy (non-hydrogen) atoms. The van der Waals surface area contributed by atoms with E-state index in [9.17, 15) is 0 Å². The molecule has 0 atom stereocenters. The van der Waals surface area contributed by atoms with Crippen LogP contribution in [-0.4, -0.2) is 23.8 Å². The van der Waals surface area contributed by atoms with Crippen LogP contribution in [0.5, 0.6) is 0 Å². The molecule has 0 aliphatic carbocycles. The highest BCUT2D eigenvalue weighted by molar-refractivity contribution is 6.98. The van der Waals surface area contributed by atoms with Gasteiger partial charge in [-0.1, -0.05) is 35.5 Å². The van der Waals surface area contributed by atoms with E-state index in [1.165, 1.54) is 16.0 Å². The fraction of sp³-hybridized carbons (Fsp3) is 0. The van der Waals surface area contributed by atoms with Crippen LogP contribution in [0.4, 0.5) is 0 Å². The number of rotatable bonds is 1. The van der Waals surface area contributed by atoms with E-state index >= 15 is 0 Å². The predicted molar refractivity (Wildman–Crippen MR) is 70.4 cm³/mol. The maximum absolute atomic E-state index is 4.67. The van der Waals surface area contributed by atoms with Crippen LogP contribution >= 0.6 is 0 Å². The molecule has 0 saturated heterocycles. The average molecular weight is 234 g/mol. The van der Waals surface area contributed by atoms with Gasteiger partial charge in [-0.3, -0.25) is 0 Å². The molecule has 0 bridgehead atoms. The van der Waals surface area contributed by atoms with Crippen molar-refractivity contribution in [2.45, 2.75) is 0 Å². The Hall–Kier alpha value is -1.46. The highest BCUT2D eigenvalue weighted by atomic mass is 29.1. The summed E-state index contributed by atoms with van der Waals surface area (Å²) in [6.07, 6.45) is 0. The van der Waals surface area contributed by atoms with E-state index in [4.69, 9.17) is 0 Å². The van der Waals surface area contributed by atoms with Gasteiger partial charge in [-0.15, -0.1) is 0 Å². The highest BCUT2D eigenvalue weighted by Gasteiger charge is 2.02. The number of pyridine rings is 1. The number of hydrogen-bond acceptors (Lipinski definition) is 1. The molecular formula is C13H8NSi2. The van der Waals surface area contributed by atoms with Gasteiger partial charge in [-0.2, -0.15) is 0 Å². The number of nitrogens with zero attached hydrogens (tertiary/aromatic N) is 1. The summed E-state index contributed by atoms with van der Waals surface area (Å²) in [4.78, 5) is 4.67. The molecule has 2 aromatic carbocycles. The van der Waals surface area contributed by atoms with Crippen molar-refractivity contribution >= 4 is 45.8 Å². The van der Waals surface area contributed by atoms with E-state index in [1.807, 2.05) is 6.07 Å². The molecule has 5 radical (unpaired) electrons. The monoisotopic (exact) mass is 234 g/mol. The third-order valence-electron chi connectivity index (χ3n) is 2.70. The lowest BCUT2D eigenvalue weighted by atomic mass is 10.1. The summed E-state index contributed by atoms with van der Waals surface area (Å²) in [6, 6.07) is 16.7. The van der Waals surface area contributed by atoms with Crippen molar-refractivity contribution in [1.82, 2.24) is 4.98 Å². The summed E-state index contributed by atoms with van der Waals surface area (Å²) in [6.45, 7) is 0. The molecule has 0 N–H and O–H groups in total. The quantitative estimate of drug-likeness (QED) is 0.462. The Kier molecular flexibility index (Phi) is 2.34. The number of hydrogen-bond donors (Lipinski definition) is 0. The number of aromatic nitrogens is 1. The van der Waals surface area contributed by atoms with Crippen molar-refractivity contribution < 1.29 is 0 Å². The van der Waals surface area contributed by atoms with E-state index in [0.717, 1.165) is 11.0 Å². The normalized spacial score (nSPS) is 11.1. The minimum Gasteiger partial charge on any atom is -0.248 e. The maximum Gasteiger partial charge on any atom is 0.0709 e. The van der Waals surface area contributed by atoms with Crippen LogP contribution in [0.15, 0.2) is 48.5 Å². The second kappa shape index (κ2) is 3.84. The van der Waals surface area contributed by atoms with Gasteiger partial charge in [0.25, 0.3) is 0 Å². The van der Waals surface area contributed by atoms with Gasteiger partial charge in [0.05, 0.1) is 20.1 Å². The van der Waals surface area contributed by atoms with Gasteiger partial charge in [0.1, 0.15) is 0 Å². The average Bonchev–Trinajstić information content (AvgIpc) is 2.35. The summed E-state index contributed by atoms with van der Waals surface area (Å²) in [7, 11) is 4.21. The number of benzene rings is 2. The van der Waals surface area contributed by atoms with Crippen LogP contribution in [0.2, 0.25) is 0 Å². The Labute approximate surface area is 99.5 Å². The summed E-state index contributed by atoms with van der Waals surface area (Å²) in [5.74, 6) is 0. The molecule has 3 aromatic rings. The molecule has 0 saturated carbocycles. The lowest BCUT2D eigenvalue weighted by Crippen LogP contribution is -2.15. The number of para-hydroxylation sites is 1. The molecule has 0 unspecified atom stereocenters. The molecule has 0 spiro atoms. The molecule has 1 nitrogen and oxygen atoms in total. The first kappa shape index (κ1) is 9.75.